The van der Waals surface area contributed by atoms with Crippen molar-refractivity contribution in [2.24, 2.45) is 17.3 Å². The van der Waals surface area contributed by atoms with Crippen molar-refractivity contribution in [2.45, 2.75) is 26.2 Å². The highest BCUT2D eigenvalue weighted by Gasteiger charge is 2.72. The summed E-state index contributed by atoms with van der Waals surface area (Å²) < 4.78 is 11.2. The van der Waals surface area contributed by atoms with E-state index in [4.69, 9.17) is 9.47 Å². The number of para-hydroxylation sites is 1. The molecule has 1 aliphatic heterocycles. The minimum absolute atomic E-state index is 0.0245. The molecule has 2 aliphatic rings. The van der Waals surface area contributed by atoms with Crippen molar-refractivity contribution in [3.63, 3.8) is 0 Å². The molecule has 4 atom stereocenters. The molecule has 4 rings (SSSR count). The Hall–Kier alpha value is -2.84. The number of nitrogens with one attached hydrogen (secondary N) is 1. The number of nitrogens with zero attached hydrogens (tertiary/aromatic N) is 1. The Kier molecular flexibility index (Phi) is 3.93. The van der Waals surface area contributed by atoms with Gasteiger partial charge in [-0.25, -0.2) is 0 Å². The summed E-state index contributed by atoms with van der Waals surface area (Å²) in [5.74, 6) is -0.310. The van der Waals surface area contributed by atoms with Crippen LogP contribution < -0.4 is 5.32 Å². The van der Waals surface area contributed by atoms with Crippen molar-refractivity contribution in [3.05, 3.63) is 60.2 Å². The molecule has 2 fully saturated rings. The predicted octanol–water partition coefficient (Wildman–Crippen LogP) is 4.17. The number of cyclic esters (lactones) is 1. The average Bonchev–Trinajstić information content (AvgIpc) is 3.03. The van der Waals surface area contributed by atoms with Crippen molar-refractivity contribution in [1.82, 2.24) is 0 Å². The van der Waals surface area contributed by atoms with E-state index >= 15 is 0 Å². The van der Waals surface area contributed by atoms with E-state index in [-0.39, 0.29) is 23.2 Å². The number of anilines is 2. The summed E-state index contributed by atoms with van der Waals surface area (Å²) in [6, 6.07) is 19.5. The molecule has 5 nitrogen and oxygen atoms in total. The van der Waals surface area contributed by atoms with E-state index in [1.807, 2.05) is 68.4 Å². The van der Waals surface area contributed by atoms with Crippen LogP contribution in [0.3, 0.4) is 0 Å². The zero-order chi connectivity index (χ0) is 18.3. The molecule has 0 aromatic heterocycles. The molecule has 0 unspecified atom stereocenters. The Morgan fingerprint density at radius 2 is 1.88 bits per heavy atom. The van der Waals surface area contributed by atoms with Crippen LogP contribution in [-0.2, 0) is 14.3 Å². The van der Waals surface area contributed by atoms with Crippen LogP contribution in [0, 0.1) is 28.6 Å². The largest absolute Gasteiger partial charge is 0.435 e. The van der Waals surface area contributed by atoms with Gasteiger partial charge < -0.3 is 14.8 Å². The number of benzene rings is 2. The number of hydrogen-bond donors (Lipinski definition) is 1. The molecule has 5 heteroatoms. The van der Waals surface area contributed by atoms with Crippen molar-refractivity contribution in [3.8, 4) is 6.07 Å². The molecule has 2 aromatic rings. The maximum absolute atomic E-state index is 11.9. The smallest absolute Gasteiger partial charge is 0.312 e. The topological polar surface area (TPSA) is 71.3 Å². The lowest BCUT2D eigenvalue weighted by molar-refractivity contribution is -0.182. The van der Waals surface area contributed by atoms with Gasteiger partial charge in [0.25, 0.3) is 0 Å². The monoisotopic (exact) mass is 348 g/mol. The lowest BCUT2D eigenvalue weighted by Crippen LogP contribution is -2.24. The number of fused-ring (bicyclic) bond motifs is 1. The molecule has 0 amide bonds. The highest BCUT2D eigenvalue weighted by Crippen LogP contribution is 2.65. The molecule has 1 saturated heterocycles. The molecule has 1 heterocycles. The molecule has 132 valence electrons. The Labute approximate surface area is 152 Å². The van der Waals surface area contributed by atoms with Crippen LogP contribution in [0.2, 0.25) is 0 Å². The van der Waals surface area contributed by atoms with Gasteiger partial charge >= 0.3 is 5.97 Å². The minimum atomic E-state index is -0.791. The summed E-state index contributed by atoms with van der Waals surface area (Å²) in [5.41, 5.74) is 2.44. The fourth-order valence-corrected chi connectivity index (χ4v) is 3.79. The first-order chi connectivity index (χ1) is 12.5. The van der Waals surface area contributed by atoms with Gasteiger partial charge in [0.1, 0.15) is 0 Å². The van der Waals surface area contributed by atoms with Gasteiger partial charge in [0.15, 0.2) is 6.10 Å². The van der Waals surface area contributed by atoms with Gasteiger partial charge in [-0.3, -0.25) is 4.79 Å². The fraction of sp³-hybridized carbons (Fsp3) is 0.333. The number of hydrogen-bond acceptors (Lipinski definition) is 5. The second kappa shape index (κ2) is 6.15. The molecule has 0 radical (unpaired) electrons. The summed E-state index contributed by atoms with van der Waals surface area (Å²) in [6.45, 7) is 4.07. The SMILES string of the molecule is CC1(C)[C@H]2[C@H](O[C@H](C#N)c3cccc(Nc4ccccc4)c3)OC(=O)[C@H]21. The summed E-state index contributed by atoms with van der Waals surface area (Å²) in [7, 11) is 0. The van der Waals surface area contributed by atoms with Crippen LogP contribution in [0.1, 0.15) is 25.5 Å². The molecule has 26 heavy (non-hydrogen) atoms. The summed E-state index contributed by atoms with van der Waals surface area (Å²) in [6.07, 6.45) is -1.45. The van der Waals surface area contributed by atoms with E-state index in [1.54, 1.807) is 0 Å². The number of rotatable bonds is 5. The first kappa shape index (κ1) is 16.6. The van der Waals surface area contributed by atoms with Gasteiger partial charge in [-0.1, -0.05) is 44.2 Å². The van der Waals surface area contributed by atoms with Crippen molar-refractivity contribution >= 4 is 17.3 Å². The van der Waals surface area contributed by atoms with Crippen LogP contribution in [0.25, 0.3) is 0 Å². The lowest BCUT2D eigenvalue weighted by atomic mass is 10.1. The standard InChI is InChI=1S/C21H20N2O3/c1-21(2)17-18(21)20(26-19(17)24)25-16(12-22)13-7-6-10-15(11-13)23-14-8-4-3-5-9-14/h3-11,16-18,20,23H,1-2H3/t16-,17+,18-,20-/m1/s1. The van der Waals surface area contributed by atoms with Crippen LogP contribution in [-0.4, -0.2) is 12.3 Å². The lowest BCUT2D eigenvalue weighted by Gasteiger charge is -2.21. The maximum Gasteiger partial charge on any atom is 0.312 e. The normalized spacial score (nSPS) is 26.3. The number of nitriles is 1. The van der Waals surface area contributed by atoms with Crippen LogP contribution in [0.15, 0.2) is 54.6 Å². The van der Waals surface area contributed by atoms with Gasteiger partial charge in [0, 0.05) is 17.3 Å². The molecule has 1 aliphatic carbocycles. The third kappa shape index (κ3) is 2.83. The number of carbonyl (C=O) groups is 1. The van der Waals surface area contributed by atoms with Gasteiger partial charge in [0.05, 0.1) is 12.0 Å². The van der Waals surface area contributed by atoms with Crippen molar-refractivity contribution in [1.29, 1.82) is 5.26 Å². The molecule has 0 spiro atoms. The van der Waals surface area contributed by atoms with E-state index in [1.165, 1.54) is 0 Å². The van der Waals surface area contributed by atoms with Gasteiger partial charge in [-0.2, -0.15) is 5.26 Å². The average molecular weight is 348 g/mol. The first-order valence-corrected chi connectivity index (χ1v) is 8.68. The number of carbonyl (C=O) groups excluding carboxylic acids is 1. The zero-order valence-electron chi connectivity index (χ0n) is 14.7. The Morgan fingerprint density at radius 1 is 1.15 bits per heavy atom. The van der Waals surface area contributed by atoms with E-state index in [2.05, 4.69) is 11.4 Å². The van der Waals surface area contributed by atoms with Crippen molar-refractivity contribution in [2.75, 3.05) is 5.32 Å². The quantitative estimate of drug-likeness (QED) is 0.821. The first-order valence-electron chi connectivity index (χ1n) is 8.68. The molecule has 1 N–H and O–H groups in total. The molecular formula is C21H20N2O3. The van der Waals surface area contributed by atoms with E-state index in [0.717, 1.165) is 16.9 Å². The highest BCUT2D eigenvalue weighted by molar-refractivity contribution is 5.80. The summed E-state index contributed by atoms with van der Waals surface area (Å²) in [5, 5.41) is 12.9. The van der Waals surface area contributed by atoms with Gasteiger partial charge in [-0.15, -0.1) is 0 Å². The van der Waals surface area contributed by atoms with Gasteiger partial charge in [0.2, 0.25) is 6.29 Å². The Balaban J connectivity index is 1.50. The van der Waals surface area contributed by atoms with Gasteiger partial charge in [-0.05, 0) is 35.2 Å². The second-order valence-corrected chi connectivity index (χ2v) is 7.39. The van der Waals surface area contributed by atoms with Crippen molar-refractivity contribution < 1.29 is 14.3 Å². The Morgan fingerprint density at radius 3 is 2.54 bits per heavy atom. The molecular weight excluding hydrogens is 328 g/mol. The summed E-state index contributed by atoms with van der Waals surface area (Å²) >= 11 is 0. The van der Waals surface area contributed by atoms with Crippen LogP contribution in [0.5, 0.6) is 0 Å². The van der Waals surface area contributed by atoms with E-state index in [9.17, 15) is 10.1 Å². The third-order valence-electron chi connectivity index (χ3n) is 5.33. The zero-order valence-corrected chi connectivity index (χ0v) is 14.7. The summed E-state index contributed by atoms with van der Waals surface area (Å²) in [4.78, 5) is 11.9. The molecule has 0 bridgehead atoms. The predicted molar refractivity (Wildman–Crippen MR) is 96.2 cm³/mol. The van der Waals surface area contributed by atoms with Crippen LogP contribution in [0.4, 0.5) is 11.4 Å². The molecule has 2 aromatic carbocycles. The van der Waals surface area contributed by atoms with Crippen LogP contribution >= 0.6 is 0 Å². The minimum Gasteiger partial charge on any atom is -0.435 e. The van der Waals surface area contributed by atoms with E-state index < -0.39 is 12.4 Å². The Bertz CT molecular complexity index is 872. The molecule has 1 saturated carbocycles. The third-order valence-corrected chi connectivity index (χ3v) is 5.33. The highest BCUT2D eigenvalue weighted by atomic mass is 16.7. The second-order valence-electron chi connectivity index (χ2n) is 7.39. The fourth-order valence-electron chi connectivity index (χ4n) is 3.79. The van der Waals surface area contributed by atoms with E-state index in [0.29, 0.717) is 0 Å². The maximum atomic E-state index is 11.9. The number of esters is 1. The number of ether oxygens (including phenoxy) is 2.